The third-order valence-corrected chi connectivity index (χ3v) is 10.6. The van der Waals surface area contributed by atoms with Gasteiger partial charge in [0.15, 0.2) is 5.69 Å². The van der Waals surface area contributed by atoms with E-state index < -0.39 is 0 Å². The molecule has 57 heavy (non-hydrogen) atoms. The van der Waals surface area contributed by atoms with Gasteiger partial charge in [0.05, 0.1) is 18.0 Å². The molecule has 0 spiro atoms. The van der Waals surface area contributed by atoms with Crippen LogP contribution in [0, 0.1) is 18.7 Å². The summed E-state index contributed by atoms with van der Waals surface area (Å²) in [5.41, 5.74) is 10.7. The van der Waals surface area contributed by atoms with E-state index >= 15 is 0 Å². The Balaban J connectivity index is 0.00000422. The van der Waals surface area contributed by atoms with E-state index in [9.17, 15) is 0 Å². The zero-order valence-electron chi connectivity index (χ0n) is 31.4. The van der Waals surface area contributed by atoms with Crippen LogP contribution in [0.3, 0.4) is 0 Å². The van der Waals surface area contributed by atoms with E-state index in [1.54, 1.807) is 0 Å². The molecule has 0 N–H and O–H groups in total. The molecule has 10 rings (SSSR count). The number of benzene rings is 7. The van der Waals surface area contributed by atoms with E-state index in [1.807, 2.05) is 67.1 Å². The van der Waals surface area contributed by atoms with Crippen molar-refractivity contribution in [1.29, 1.82) is 0 Å². The number of nitrogens with zero attached hydrogens (tertiary/aromatic N) is 4. The maximum absolute atomic E-state index is 7.77. The fourth-order valence-electron chi connectivity index (χ4n) is 8.01. The fraction of sp³-hybridized carbons (Fsp3) is 0.0784. The number of rotatable bonds is 5. The number of furan rings is 1. The number of hydrogen-bond acceptors (Lipinski definition) is 3. The Kier molecular flexibility index (Phi) is 8.96. The third-order valence-electron chi connectivity index (χ3n) is 10.6. The molecule has 10 aromatic rings. The Bertz CT molecular complexity index is 3190. The largest absolute Gasteiger partial charge is 2.00 e. The molecule has 7 aromatic carbocycles. The van der Waals surface area contributed by atoms with Crippen molar-refractivity contribution in [3.63, 3.8) is 0 Å². The molecule has 274 valence electrons. The Labute approximate surface area is 345 Å². The SMILES string of the molecule is [C-]#[N+]c1ccc2c(c1)oc1c(-c3nccn3-c3ccc(-c4ccccc4)cc3C(C)(C)C)[c-]c3c(-c4[c-]c(-c5ccccn5)ccc4)cc4ccccc4c3c12.[Pt+2]. The van der Waals surface area contributed by atoms with E-state index in [4.69, 9.17) is 16.0 Å². The van der Waals surface area contributed by atoms with E-state index in [2.05, 4.69) is 132 Å². The predicted octanol–water partition coefficient (Wildman–Crippen LogP) is 13.6. The Morgan fingerprint density at radius 3 is 2.30 bits per heavy atom. The van der Waals surface area contributed by atoms with Gasteiger partial charge in [0.2, 0.25) is 0 Å². The number of hydrogen-bond donors (Lipinski definition) is 0. The average Bonchev–Trinajstić information content (AvgIpc) is 3.88. The first-order valence-corrected chi connectivity index (χ1v) is 18.7. The minimum absolute atomic E-state index is 0. The first-order chi connectivity index (χ1) is 27.4. The van der Waals surface area contributed by atoms with E-state index in [1.165, 1.54) is 11.1 Å². The molecule has 0 aliphatic heterocycles. The van der Waals surface area contributed by atoms with Crippen molar-refractivity contribution in [2.24, 2.45) is 0 Å². The summed E-state index contributed by atoms with van der Waals surface area (Å²) in [6.45, 7) is 14.5. The molecule has 0 saturated carbocycles. The second-order valence-corrected chi connectivity index (χ2v) is 15.2. The van der Waals surface area contributed by atoms with Crippen LogP contribution in [0.2, 0.25) is 0 Å². The van der Waals surface area contributed by atoms with Crippen LogP contribution in [0.4, 0.5) is 5.69 Å². The van der Waals surface area contributed by atoms with Crippen molar-refractivity contribution in [3.8, 4) is 50.6 Å². The molecule has 0 amide bonds. The van der Waals surface area contributed by atoms with Crippen molar-refractivity contribution < 1.29 is 25.5 Å². The molecule has 3 aromatic heterocycles. The second-order valence-electron chi connectivity index (χ2n) is 15.2. The molecular weight excluding hydrogens is 880 g/mol. The standard InChI is InChI=1S/C51H34N4O.Pt/c1-51(2,3)43-29-33(32-13-6-5-7-14-32)20-23-45(43)55-26-25-54-50(55)42-31-41-40(34-16-12-17-36(27-34)44-19-10-11-24-53-44)28-35-15-8-9-18-38(35)47(41)48-39-22-21-37(52-4)30-46(39)56-49(42)48;/h5-26,28-30H,1-3H3;/q-2;+2. The fourth-order valence-corrected chi connectivity index (χ4v) is 8.01. The van der Waals surface area contributed by atoms with E-state index in [0.717, 1.165) is 71.5 Å². The van der Waals surface area contributed by atoms with Gasteiger partial charge in [-0.1, -0.05) is 128 Å². The smallest absolute Gasteiger partial charge is 0.493 e. The van der Waals surface area contributed by atoms with Gasteiger partial charge in [-0.25, -0.2) is 4.85 Å². The summed E-state index contributed by atoms with van der Waals surface area (Å²) in [5, 5.41) is 6.04. The second kappa shape index (κ2) is 14.2. The minimum atomic E-state index is -0.180. The number of fused-ring (bicyclic) bond motifs is 7. The molecule has 0 aliphatic rings. The monoisotopic (exact) mass is 913 g/mol. The molecule has 3 heterocycles. The first kappa shape index (κ1) is 36.1. The van der Waals surface area contributed by atoms with Crippen LogP contribution in [0.15, 0.2) is 156 Å². The number of imidazole rings is 1. The van der Waals surface area contributed by atoms with E-state index in [0.29, 0.717) is 22.7 Å². The zero-order valence-corrected chi connectivity index (χ0v) is 33.7. The van der Waals surface area contributed by atoms with Gasteiger partial charge in [0.1, 0.15) is 5.58 Å². The van der Waals surface area contributed by atoms with Crippen molar-refractivity contribution in [2.75, 3.05) is 0 Å². The quantitative estimate of drug-likeness (QED) is 0.128. The molecule has 0 unspecified atom stereocenters. The van der Waals surface area contributed by atoms with Gasteiger partial charge in [-0.2, -0.15) is 0 Å². The van der Waals surface area contributed by atoms with Crippen LogP contribution in [0.1, 0.15) is 26.3 Å². The van der Waals surface area contributed by atoms with E-state index in [-0.39, 0.29) is 26.5 Å². The normalized spacial score (nSPS) is 11.6. The molecule has 0 fully saturated rings. The van der Waals surface area contributed by atoms with Crippen LogP contribution in [0.25, 0.3) is 98.9 Å². The molecule has 0 aliphatic carbocycles. The van der Waals surface area contributed by atoms with Crippen LogP contribution in [-0.4, -0.2) is 14.5 Å². The van der Waals surface area contributed by atoms with Gasteiger partial charge in [-0.3, -0.25) is 9.97 Å². The molecular formula is C51H34N4OPt. The summed E-state index contributed by atoms with van der Waals surface area (Å²) in [4.78, 5) is 13.4. The van der Waals surface area contributed by atoms with Gasteiger partial charge in [-0.15, -0.1) is 41.3 Å². The molecule has 0 saturated heterocycles. The predicted molar refractivity (Wildman–Crippen MR) is 228 cm³/mol. The first-order valence-electron chi connectivity index (χ1n) is 18.7. The van der Waals surface area contributed by atoms with Gasteiger partial charge < -0.3 is 8.98 Å². The topological polar surface area (TPSA) is 48.2 Å². The number of pyridine rings is 1. The molecule has 5 nitrogen and oxygen atoms in total. The summed E-state index contributed by atoms with van der Waals surface area (Å²) < 4.78 is 9.02. The summed E-state index contributed by atoms with van der Waals surface area (Å²) in [6, 6.07) is 53.4. The maximum Gasteiger partial charge on any atom is 2.00 e. The summed E-state index contributed by atoms with van der Waals surface area (Å²) in [6.07, 6.45) is 5.68. The molecule has 0 radical (unpaired) electrons. The zero-order chi connectivity index (χ0) is 38.0. The van der Waals surface area contributed by atoms with Crippen molar-refractivity contribution >= 4 is 49.2 Å². The average molecular weight is 914 g/mol. The minimum Gasteiger partial charge on any atom is -0.493 e. The number of aromatic nitrogens is 3. The molecule has 0 atom stereocenters. The van der Waals surface area contributed by atoms with Crippen LogP contribution < -0.4 is 0 Å². The molecule has 0 bridgehead atoms. The van der Waals surface area contributed by atoms with Gasteiger partial charge in [0, 0.05) is 35.4 Å². The summed E-state index contributed by atoms with van der Waals surface area (Å²) in [5.74, 6) is 0.713. The third kappa shape index (κ3) is 6.14. The molecule has 6 heteroatoms. The van der Waals surface area contributed by atoms with Gasteiger partial charge >= 0.3 is 21.1 Å². The van der Waals surface area contributed by atoms with Crippen LogP contribution in [-0.2, 0) is 26.5 Å². The van der Waals surface area contributed by atoms with Crippen molar-refractivity contribution in [2.45, 2.75) is 26.2 Å². The van der Waals surface area contributed by atoms with Crippen LogP contribution in [0.5, 0.6) is 0 Å². The van der Waals surface area contributed by atoms with Gasteiger partial charge in [-0.05, 0) is 68.1 Å². The van der Waals surface area contributed by atoms with Crippen LogP contribution >= 0.6 is 0 Å². The summed E-state index contributed by atoms with van der Waals surface area (Å²) in [7, 11) is 0. The maximum atomic E-state index is 7.77. The Morgan fingerprint density at radius 2 is 1.49 bits per heavy atom. The Hall–Kier alpha value is -6.60. The summed E-state index contributed by atoms with van der Waals surface area (Å²) >= 11 is 0. The Morgan fingerprint density at radius 1 is 0.684 bits per heavy atom. The van der Waals surface area contributed by atoms with Crippen molar-refractivity contribution in [1.82, 2.24) is 14.5 Å². The van der Waals surface area contributed by atoms with Gasteiger partial charge in [0.25, 0.3) is 0 Å². The van der Waals surface area contributed by atoms with Crippen molar-refractivity contribution in [3.05, 3.63) is 181 Å².